The van der Waals surface area contributed by atoms with Crippen molar-refractivity contribution in [3.05, 3.63) is 24.3 Å². The molecule has 2 unspecified atom stereocenters. The second kappa shape index (κ2) is 6.67. The van der Waals surface area contributed by atoms with Crippen LogP contribution in [0.2, 0.25) is 0 Å². The van der Waals surface area contributed by atoms with Gasteiger partial charge in [0.15, 0.2) is 0 Å². The van der Waals surface area contributed by atoms with Gasteiger partial charge >= 0.3 is 0 Å². The molecule has 2 atom stereocenters. The van der Waals surface area contributed by atoms with Crippen LogP contribution in [0.25, 0.3) is 0 Å². The summed E-state index contributed by atoms with van der Waals surface area (Å²) in [4.78, 5) is 5.08. The van der Waals surface area contributed by atoms with Crippen LogP contribution in [0.3, 0.4) is 0 Å². The summed E-state index contributed by atoms with van der Waals surface area (Å²) in [6.07, 6.45) is 3.76. The average molecular weight is 289 g/mol. The zero-order valence-corrected chi connectivity index (χ0v) is 13.0. The first-order chi connectivity index (χ1) is 10.2. The molecule has 4 heteroatoms. The van der Waals surface area contributed by atoms with E-state index >= 15 is 0 Å². The Labute approximate surface area is 127 Å². The first kappa shape index (κ1) is 14.7. The fraction of sp³-hybridized carbons (Fsp3) is 0.647. The van der Waals surface area contributed by atoms with Crippen molar-refractivity contribution in [1.82, 2.24) is 4.90 Å². The lowest BCUT2D eigenvalue weighted by Gasteiger charge is -2.37. The molecule has 116 valence electrons. The van der Waals surface area contributed by atoms with Crippen LogP contribution < -0.4 is 15.4 Å². The number of ether oxygens (including phenoxy) is 1. The molecule has 0 amide bonds. The number of nitrogens with zero attached hydrogens (tertiary/aromatic N) is 2. The molecule has 0 radical (unpaired) electrons. The maximum absolute atomic E-state index is 6.01. The number of anilines is 1. The molecule has 0 spiro atoms. The highest BCUT2D eigenvalue weighted by Gasteiger charge is 2.25. The highest BCUT2D eigenvalue weighted by atomic mass is 16.5. The van der Waals surface area contributed by atoms with Gasteiger partial charge in [0.1, 0.15) is 5.75 Å². The fourth-order valence-electron chi connectivity index (χ4n) is 3.63. The molecule has 1 aliphatic heterocycles. The van der Waals surface area contributed by atoms with E-state index in [-0.39, 0.29) is 0 Å². The van der Waals surface area contributed by atoms with E-state index in [1.807, 2.05) is 12.1 Å². The molecule has 0 aromatic heterocycles. The molecule has 1 saturated carbocycles. The van der Waals surface area contributed by atoms with Crippen LogP contribution in [-0.2, 0) is 0 Å². The Bertz CT molecular complexity index is 440. The van der Waals surface area contributed by atoms with Gasteiger partial charge in [0.25, 0.3) is 0 Å². The van der Waals surface area contributed by atoms with Crippen molar-refractivity contribution in [2.75, 3.05) is 44.7 Å². The zero-order chi connectivity index (χ0) is 14.7. The molecule has 3 rings (SSSR count). The van der Waals surface area contributed by atoms with Crippen molar-refractivity contribution in [3.8, 4) is 5.75 Å². The second-order valence-corrected chi connectivity index (χ2v) is 6.42. The van der Waals surface area contributed by atoms with Gasteiger partial charge in [-0.15, -0.1) is 0 Å². The second-order valence-electron chi connectivity index (χ2n) is 6.42. The van der Waals surface area contributed by atoms with Crippen molar-refractivity contribution in [2.24, 2.45) is 11.7 Å². The Morgan fingerprint density at radius 3 is 2.38 bits per heavy atom. The number of rotatable bonds is 4. The Morgan fingerprint density at radius 2 is 1.81 bits per heavy atom. The Morgan fingerprint density at radius 1 is 1.10 bits per heavy atom. The molecule has 1 aromatic rings. The van der Waals surface area contributed by atoms with Crippen LogP contribution in [0.1, 0.15) is 19.3 Å². The molecular formula is C17H27N3O. The number of hydrogen-bond acceptors (Lipinski definition) is 4. The quantitative estimate of drug-likeness (QED) is 0.920. The van der Waals surface area contributed by atoms with Crippen LogP contribution >= 0.6 is 0 Å². The monoisotopic (exact) mass is 289 g/mol. The van der Waals surface area contributed by atoms with Gasteiger partial charge in [-0.3, -0.25) is 4.90 Å². The van der Waals surface area contributed by atoms with Crippen molar-refractivity contribution in [3.63, 3.8) is 0 Å². The third kappa shape index (κ3) is 3.69. The van der Waals surface area contributed by atoms with Gasteiger partial charge in [0.2, 0.25) is 0 Å². The molecule has 0 bridgehead atoms. The summed E-state index contributed by atoms with van der Waals surface area (Å²) in [6, 6.07) is 8.86. The molecular weight excluding hydrogens is 262 g/mol. The third-order valence-electron chi connectivity index (χ3n) is 4.91. The summed E-state index contributed by atoms with van der Waals surface area (Å²) >= 11 is 0. The lowest BCUT2D eigenvalue weighted by molar-refractivity contribution is 0.219. The van der Waals surface area contributed by atoms with E-state index in [4.69, 9.17) is 10.5 Å². The molecule has 2 N–H and O–H groups in total. The van der Waals surface area contributed by atoms with Crippen LogP contribution in [0, 0.1) is 5.92 Å². The van der Waals surface area contributed by atoms with E-state index in [2.05, 4.69) is 21.9 Å². The van der Waals surface area contributed by atoms with Crippen LogP contribution in [0.5, 0.6) is 5.75 Å². The largest absolute Gasteiger partial charge is 0.497 e. The summed E-state index contributed by atoms with van der Waals surface area (Å²) in [5.74, 6) is 1.75. The fourth-order valence-corrected chi connectivity index (χ4v) is 3.63. The summed E-state index contributed by atoms with van der Waals surface area (Å²) in [5, 5.41) is 0. The Kier molecular flexibility index (Phi) is 4.66. The Hall–Kier alpha value is -1.26. The molecule has 2 fully saturated rings. The third-order valence-corrected chi connectivity index (χ3v) is 4.91. The summed E-state index contributed by atoms with van der Waals surface area (Å²) in [5.41, 5.74) is 7.32. The maximum Gasteiger partial charge on any atom is 0.119 e. The standard InChI is InChI=1S/C17H27N3O/c1-21-17-6-4-16(5-7-17)20-10-8-19(9-11-20)13-14-2-3-15(18)12-14/h4-7,14-15H,2-3,8-13,18H2,1H3. The van der Waals surface area contributed by atoms with Gasteiger partial charge < -0.3 is 15.4 Å². The topological polar surface area (TPSA) is 41.7 Å². The van der Waals surface area contributed by atoms with Gasteiger partial charge in [-0.2, -0.15) is 0 Å². The van der Waals surface area contributed by atoms with Crippen molar-refractivity contribution in [2.45, 2.75) is 25.3 Å². The van der Waals surface area contributed by atoms with E-state index in [0.29, 0.717) is 6.04 Å². The Balaban J connectivity index is 1.48. The predicted octanol–water partition coefficient (Wildman–Crippen LogP) is 1.94. The summed E-state index contributed by atoms with van der Waals surface area (Å²) in [6.45, 7) is 5.80. The molecule has 4 nitrogen and oxygen atoms in total. The van der Waals surface area contributed by atoms with Gasteiger partial charge in [-0.05, 0) is 49.4 Å². The highest BCUT2D eigenvalue weighted by Crippen LogP contribution is 2.26. The minimum Gasteiger partial charge on any atom is -0.497 e. The maximum atomic E-state index is 6.01. The van der Waals surface area contributed by atoms with Crippen LogP contribution in [0.15, 0.2) is 24.3 Å². The molecule has 21 heavy (non-hydrogen) atoms. The minimum absolute atomic E-state index is 0.454. The van der Waals surface area contributed by atoms with Crippen molar-refractivity contribution >= 4 is 5.69 Å². The van der Waals surface area contributed by atoms with E-state index < -0.39 is 0 Å². The number of nitrogens with two attached hydrogens (primary N) is 1. The normalized spacial score (nSPS) is 27.0. The van der Waals surface area contributed by atoms with Crippen molar-refractivity contribution < 1.29 is 4.74 Å². The zero-order valence-electron chi connectivity index (χ0n) is 13.0. The van der Waals surface area contributed by atoms with Gasteiger partial charge in [0.05, 0.1) is 7.11 Å². The minimum atomic E-state index is 0.454. The van der Waals surface area contributed by atoms with Gasteiger partial charge in [-0.25, -0.2) is 0 Å². The summed E-state index contributed by atoms with van der Waals surface area (Å²) < 4.78 is 5.22. The van der Waals surface area contributed by atoms with Gasteiger partial charge in [0, 0.05) is 44.5 Å². The van der Waals surface area contributed by atoms with Crippen LogP contribution in [0.4, 0.5) is 5.69 Å². The van der Waals surface area contributed by atoms with E-state index in [1.165, 1.54) is 31.5 Å². The molecule has 1 saturated heterocycles. The lowest BCUT2D eigenvalue weighted by atomic mass is 10.1. The lowest BCUT2D eigenvalue weighted by Crippen LogP contribution is -2.47. The first-order valence-corrected chi connectivity index (χ1v) is 8.11. The smallest absolute Gasteiger partial charge is 0.119 e. The average Bonchev–Trinajstić information content (AvgIpc) is 2.93. The molecule has 1 aliphatic carbocycles. The molecule has 2 aliphatic rings. The number of piperazine rings is 1. The molecule has 1 aromatic carbocycles. The SMILES string of the molecule is COc1ccc(N2CCN(CC3CCC(N)C3)CC2)cc1. The summed E-state index contributed by atoms with van der Waals surface area (Å²) in [7, 11) is 1.71. The van der Waals surface area contributed by atoms with E-state index in [1.54, 1.807) is 7.11 Å². The first-order valence-electron chi connectivity index (χ1n) is 8.11. The van der Waals surface area contributed by atoms with E-state index in [0.717, 1.165) is 37.8 Å². The highest BCUT2D eigenvalue weighted by molar-refractivity contribution is 5.49. The predicted molar refractivity (Wildman–Crippen MR) is 87.0 cm³/mol. The van der Waals surface area contributed by atoms with Crippen molar-refractivity contribution in [1.29, 1.82) is 0 Å². The molecule has 1 heterocycles. The van der Waals surface area contributed by atoms with E-state index in [9.17, 15) is 0 Å². The number of hydrogen-bond donors (Lipinski definition) is 1. The number of methoxy groups -OCH3 is 1. The van der Waals surface area contributed by atoms with Gasteiger partial charge in [-0.1, -0.05) is 0 Å². The number of benzene rings is 1. The van der Waals surface area contributed by atoms with Crippen LogP contribution in [-0.4, -0.2) is 50.8 Å².